The molecule has 0 aromatic heterocycles. The Morgan fingerprint density at radius 1 is 1.35 bits per heavy atom. The number of primary amides is 1. The SMILES string of the molecule is CSc1ccc(C(O)CCF)cc1.NC(=O)C(F)(F)F. The zero-order chi connectivity index (χ0) is 15.8. The van der Waals surface area contributed by atoms with Gasteiger partial charge in [-0.1, -0.05) is 12.1 Å². The van der Waals surface area contributed by atoms with Crippen LogP contribution in [0, 0.1) is 0 Å². The molecule has 0 aliphatic carbocycles. The van der Waals surface area contributed by atoms with Crippen molar-refractivity contribution in [3.05, 3.63) is 29.8 Å². The van der Waals surface area contributed by atoms with E-state index in [4.69, 9.17) is 4.79 Å². The Hall–Kier alpha value is -1.28. The van der Waals surface area contributed by atoms with E-state index in [1.165, 1.54) is 0 Å². The topological polar surface area (TPSA) is 63.3 Å². The molecular weight excluding hydrogens is 298 g/mol. The lowest BCUT2D eigenvalue weighted by atomic mass is 10.1. The summed E-state index contributed by atoms with van der Waals surface area (Å²) in [5.74, 6) is -2.26. The zero-order valence-corrected chi connectivity index (χ0v) is 11.5. The van der Waals surface area contributed by atoms with Crippen LogP contribution in [0.1, 0.15) is 18.1 Å². The predicted octanol–water partition coefficient (Wildman–Crippen LogP) is 2.84. The first-order chi connectivity index (χ1) is 9.22. The smallest absolute Gasteiger partial charge is 0.388 e. The Morgan fingerprint density at radius 2 is 1.80 bits per heavy atom. The normalized spacial score (nSPS) is 12.3. The standard InChI is InChI=1S/C10H13FOS.C2H2F3NO/c1-13-9-4-2-8(3-5-9)10(12)6-7-11;3-2(4,5)1(6)7/h2-5,10,12H,6-7H2,1H3;(H2,6,7). The van der Waals surface area contributed by atoms with E-state index >= 15 is 0 Å². The van der Waals surface area contributed by atoms with Crippen molar-refractivity contribution in [1.29, 1.82) is 0 Å². The van der Waals surface area contributed by atoms with Gasteiger partial charge in [0, 0.05) is 11.3 Å². The molecular formula is C12H15F4NO2S. The van der Waals surface area contributed by atoms with Gasteiger partial charge in [-0.3, -0.25) is 9.18 Å². The van der Waals surface area contributed by atoms with E-state index in [0.29, 0.717) is 0 Å². The van der Waals surface area contributed by atoms with E-state index < -0.39 is 24.9 Å². The molecule has 1 rings (SSSR count). The maximum absolute atomic E-state index is 11.9. The first-order valence-corrected chi connectivity index (χ1v) is 6.69. The van der Waals surface area contributed by atoms with E-state index in [-0.39, 0.29) is 6.42 Å². The summed E-state index contributed by atoms with van der Waals surface area (Å²) in [6.45, 7) is -0.481. The molecule has 1 amide bonds. The van der Waals surface area contributed by atoms with Crippen LogP contribution in [-0.2, 0) is 4.79 Å². The molecule has 1 aromatic rings. The first-order valence-electron chi connectivity index (χ1n) is 5.47. The lowest BCUT2D eigenvalue weighted by molar-refractivity contribution is -0.169. The fourth-order valence-electron chi connectivity index (χ4n) is 1.10. The van der Waals surface area contributed by atoms with Gasteiger partial charge < -0.3 is 10.8 Å². The van der Waals surface area contributed by atoms with Crippen LogP contribution in [-0.4, -0.2) is 30.1 Å². The molecule has 114 valence electrons. The predicted molar refractivity (Wildman–Crippen MR) is 69.0 cm³/mol. The van der Waals surface area contributed by atoms with Gasteiger partial charge in [-0.05, 0) is 24.0 Å². The number of halogens is 4. The fraction of sp³-hybridized carbons (Fsp3) is 0.417. The van der Waals surface area contributed by atoms with Crippen LogP contribution in [0.2, 0.25) is 0 Å². The molecule has 3 nitrogen and oxygen atoms in total. The molecule has 0 aliphatic heterocycles. The molecule has 0 saturated carbocycles. The largest absolute Gasteiger partial charge is 0.470 e. The van der Waals surface area contributed by atoms with Crippen molar-refractivity contribution in [2.75, 3.05) is 12.9 Å². The summed E-state index contributed by atoms with van der Waals surface area (Å²) in [5.41, 5.74) is 4.59. The number of nitrogens with two attached hydrogens (primary N) is 1. The molecule has 0 fully saturated rings. The van der Waals surface area contributed by atoms with E-state index in [2.05, 4.69) is 5.73 Å². The Morgan fingerprint density at radius 3 is 2.10 bits per heavy atom. The molecule has 20 heavy (non-hydrogen) atoms. The molecule has 8 heteroatoms. The number of thioether (sulfide) groups is 1. The number of amides is 1. The van der Waals surface area contributed by atoms with Crippen LogP contribution in [0.4, 0.5) is 17.6 Å². The Kier molecular flexibility index (Phi) is 8.24. The van der Waals surface area contributed by atoms with Crippen molar-refractivity contribution in [1.82, 2.24) is 0 Å². The summed E-state index contributed by atoms with van der Waals surface area (Å²) in [5, 5.41) is 9.44. The minimum Gasteiger partial charge on any atom is -0.388 e. The fourth-order valence-corrected chi connectivity index (χ4v) is 1.50. The van der Waals surface area contributed by atoms with Crippen molar-refractivity contribution in [2.45, 2.75) is 23.6 Å². The van der Waals surface area contributed by atoms with Crippen molar-refractivity contribution in [3.8, 4) is 0 Å². The van der Waals surface area contributed by atoms with E-state index in [1.807, 2.05) is 30.5 Å². The molecule has 0 aliphatic rings. The highest BCUT2D eigenvalue weighted by molar-refractivity contribution is 7.98. The quantitative estimate of drug-likeness (QED) is 0.663. The van der Waals surface area contributed by atoms with Gasteiger partial charge in [-0.2, -0.15) is 13.2 Å². The number of carbonyl (C=O) groups is 1. The molecule has 1 atom stereocenters. The minimum absolute atomic E-state index is 0.179. The van der Waals surface area contributed by atoms with Crippen LogP contribution in [0.3, 0.4) is 0 Å². The highest BCUT2D eigenvalue weighted by atomic mass is 32.2. The first kappa shape index (κ1) is 18.7. The van der Waals surface area contributed by atoms with Gasteiger partial charge in [-0.25, -0.2) is 0 Å². The zero-order valence-electron chi connectivity index (χ0n) is 10.7. The van der Waals surface area contributed by atoms with Gasteiger partial charge in [0.15, 0.2) is 0 Å². The van der Waals surface area contributed by atoms with Crippen LogP contribution >= 0.6 is 11.8 Å². The van der Waals surface area contributed by atoms with Crippen LogP contribution in [0.5, 0.6) is 0 Å². The summed E-state index contributed by atoms with van der Waals surface area (Å²) >= 11 is 1.65. The van der Waals surface area contributed by atoms with Crippen LogP contribution in [0.15, 0.2) is 29.2 Å². The Bertz CT molecular complexity index is 409. The average molecular weight is 313 g/mol. The van der Waals surface area contributed by atoms with Gasteiger partial charge >= 0.3 is 12.1 Å². The van der Waals surface area contributed by atoms with E-state index in [1.54, 1.807) is 11.8 Å². The third-order valence-corrected chi connectivity index (χ3v) is 2.91. The number of aliphatic hydroxyl groups excluding tert-OH is 1. The third-order valence-electron chi connectivity index (χ3n) is 2.16. The molecule has 1 unspecified atom stereocenters. The lowest BCUT2D eigenvalue weighted by Crippen LogP contribution is -2.30. The van der Waals surface area contributed by atoms with Crippen LogP contribution in [0.25, 0.3) is 0 Å². The number of aliphatic hydroxyl groups is 1. The molecule has 0 heterocycles. The second kappa shape index (κ2) is 8.80. The van der Waals surface area contributed by atoms with Crippen LogP contribution < -0.4 is 5.73 Å². The maximum Gasteiger partial charge on any atom is 0.470 e. The number of hydrogen-bond donors (Lipinski definition) is 2. The van der Waals surface area contributed by atoms with Gasteiger partial charge in [-0.15, -0.1) is 11.8 Å². The number of carbonyl (C=O) groups excluding carboxylic acids is 1. The van der Waals surface area contributed by atoms with Crippen molar-refractivity contribution in [2.24, 2.45) is 5.73 Å². The second-order valence-electron chi connectivity index (χ2n) is 3.63. The monoisotopic (exact) mass is 313 g/mol. The number of alkyl halides is 4. The average Bonchev–Trinajstić information content (AvgIpc) is 2.38. The molecule has 0 spiro atoms. The lowest BCUT2D eigenvalue weighted by Gasteiger charge is -2.08. The minimum atomic E-state index is -4.86. The summed E-state index contributed by atoms with van der Waals surface area (Å²) in [6.07, 6.45) is -3.35. The highest BCUT2D eigenvalue weighted by Gasteiger charge is 2.35. The molecule has 0 saturated heterocycles. The molecule has 1 aromatic carbocycles. The van der Waals surface area contributed by atoms with Crippen molar-refractivity contribution in [3.63, 3.8) is 0 Å². The third kappa shape index (κ3) is 7.34. The number of benzene rings is 1. The second-order valence-corrected chi connectivity index (χ2v) is 4.51. The summed E-state index contributed by atoms with van der Waals surface area (Å²) in [7, 11) is 0. The number of rotatable bonds is 4. The van der Waals surface area contributed by atoms with Gasteiger partial charge in [0.1, 0.15) is 0 Å². The maximum atomic E-state index is 11.9. The van der Waals surface area contributed by atoms with Gasteiger partial charge in [0.05, 0.1) is 12.8 Å². The summed E-state index contributed by atoms with van der Waals surface area (Å²) in [6, 6.07) is 7.54. The number of hydrogen-bond acceptors (Lipinski definition) is 3. The van der Waals surface area contributed by atoms with Crippen molar-refractivity contribution < 1.29 is 27.5 Å². The molecule has 0 bridgehead atoms. The van der Waals surface area contributed by atoms with E-state index in [9.17, 15) is 22.7 Å². The summed E-state index contributed by atoms with van der Waals surface area (Å²) < 4.78 is 44.0. The van der Waals surface area contributed by atoms with E-state index in [0.717, 1.165) is 10.5 Å². The van der Waals surface area contributed by atoms with Crippen molar-refractivity contribution >= 4 is 17.7 Å². The highest BCUT2D eigenvalue weighted by Crippen LogP contribution is 2.20. The van der Waals surface area contributed by atoms with Gasteiger partial charge in [0.2, 0.25) is 0 Å². The van der Waals surface area contributed by atoms with Gasteiger partial charge in [0.25, 0.3) is 0 Å². The molecule has 3 N–H and O–H groups in total. The molecule has 0 radical (unpaired) electrons. The Balaban J connectivity index is 0.000000441. The Labute approximate surface area is 118 Å². The summed E-state index contributed by atoms with van der Waals surface area (Å²) in [4.78, 5) is 10.3.